The van der Waals surface area contributed by atoms with Gasteiger partial charge < -0.3 is 5.32 Å². The van der Waals surface area contributed by atoms with Crippen molar-refractivity contribution in [2.45, 2.75) is 44.6 Å². The first-order valence-electron chi connectivity index (χ1n) is 6.34. The Morgan fingerprint density at radius 1 is 1.35 bits per heavy atom. The van der Waals surface area contributed by atoms with Gasteiger partial charge in [-0.15, -0.1) is 0 Å². The summed E-state index contributed by atoms with van der Waals surface area (Å²) in [6, 6.07) is 3.89. The summed E-state index contributed by atoms with van der Waals surface area (Å²) in [4.78, 5) is 0. The van der Waals surface area contributed by atoms with Crippen molar-refractivity contribution < 1.29 is 8.78 Å². The lowest BCUT2D eigenvalue weighted by molar-refractivity contribution is 0.337. The van der Waals surface area contributed by atoms with Crippen LogP contribution in [0, 0.1) is 11.6 Å². The van der Waals surface area contributed by atoms with E-state index >= 15 is 0 Å². The molecule has 94 valence electrons. The highest BCUT2D eigenvalue weighted by Gasteiger charge is 2.33. The molecular formula is C14H19F2N. The normalized spacial score (nSPS) is 24.2. The number of benzene rings is 1. The van der Waals surface area contributed by atoms with Gasteiger partial charge in [0.25, 0.3) is 0 Å². The van der Waals surface area contributed by atoms with Gasteiger partial charge in [-0.25, -0.2) is 8.78 Å². The van der Waals surface area contributed by atoms with Gasteiger partial charge in [0.15, 0.2) is 0 Å². The summed E-state index contributed by atoms with van der Waals surface area (Å²) in [5, 5.41) is 3.50. The summed E-state index contributed by atoms with van der Waals surface area (Å²) in [6.07, 6.45) is 5.01. The molecule has 1 aromatic carbocycles. The molecule has 1 aromatic rings. The molecule has 1 atom stereocenters. The highest BCUT2D eigenvalue weighted by molar-refractivity contribution is 5.21. The third-order valence-corrected chi connectivity index (χ3v) is 3.60. The second kappa shape index (κ2) is 5.13. The molecule has 1 unspecified atom stereocenters. The third kappa shape index (κ3) is 2.83. The molecule has 1 nitrogen and oxygen atoms in total. The topological polar surface area (TPSA) is 12.0 Å². The van der Waals surface area contributed by atoms with Crippen LogP contribution < -0.4 is 5.32 Å². The Morgan fingerprint density at radius 2 is 2.18 bits per heavy atom. The van der Waals surface area contributed by atoms with Gasteiger partial charge in [0.1, 0.15) is 11.6 Å². The zero-order chi connectivity index (χ0) is 12.3. The minimum Gasteiger partial charge on any atom is -0.311 e. The fourth-order valence-electron chi connectivity index (χ4n) is 2.83. The van der Waals surface area contributed by atoms with E-state index in [1.165, 1.54) is 6.07 Å². The zero-order valence-electron chi connectivity index (χ0n) is 10.2. The highest BCUT2D eigenvalue weighted by Crippen LogP contribution is 2.29. The first-order chi connectivity index (χ1) is 8.15. The van der Waals surface area contributed by atoms with Gasteiger partial charge in [0.05, 0.1) is 0 Å². The van der Waals surface area contributed by atoms with E-state index in [4.69, 9.17) is 0 Å². The molecule has 0 radical (unpaired) electrons. The monoisotopic (exact) mass is 239 g/mol. The Morgan fingerprint density at radius 3 is 2.76 bits per heavy atom. The van der Waals surface area contributed by atoms with E-state index in [2.05, 4.69) is 12.2 Å². The van der Waals surface area contributed by atoms with E-state index in [9.17, 15) is 8.78 Å². The van der Waals surface area contributed by atoms with E-state index in [-0.39, 0.29) is 5.54 Å². The Balaban J connectivity index is 2.17. The maximum Gasteiger partial charge on any atom is 0.129 e. The lowest BCUT2D eigenvalue weighted by Crippen LogP contribution is -2.42. The van der Waals surface area contributed by atoms with Crippen LogP contribution in [0.1, 0.15) is 38.2 Å². The molecule has 0 amide bonds. The minimum atomic E-state index is -0.504. The molecule has 17 heavy (non-hydrogen) atoms. The number of rotatable bonds is 4. The summed E-state index contributed by atoms with van der Waals surface area (Å²) in [5.74, 6) is -0.927. The van der Waals surface area contributed by atoms with Crippen LogP contribution in [-0.2, 0) is 6.42 Å². The molecule has 0 spiro atoms. The zero-order valence-corrected chi connectivity index (χ0v) is 10.2. The number of nitrogens with one attached hydrogen (secondary N) is 1. The van der Waals surface area contributed by atoms with E-state index in [1.54, 1.807) is 6.07 Å². The van der Waals surface area contributed by atoms with Gasteiger partial charge in [-0.2, -0.15) is 0 Å². The van der Waals surface area contributed by atoms with E-state index in [1.807, 2.05) is 0 Å². The summed E-state index contributed by atoms with van der Waals surface area (Å²) in [6.45, 7) is 3.14. The first kappa shape index (κ1) is 12.5. The summed E-state index contributed by atoms with van der Waals surface area (Å²) in [7, 11) is 0. The molecule has 1 N–H and O–H groups in total. The van der Waals surface area contributed by atoms with Crippen LogP contribution >= 0.6 is 0 Å². The SMILES string of the molecule is CCCC1(Cc2ccc(F)cc2F)CCCN1. The van der Waals surface area contributed by atoms with Gasteiger partial charge in [-0.1, -0.05) is 19.4 Å². The molecule has 0 bridgehead atoms. The van der Waals surface area contributed by atoms with E-state index in [0.717, 1.165) is 38.3 Å². The van der Waals surface area contributed by atoms with Crippen LogP contribution in [0.15, 0.2) is 18.2 Å². The fraction of sp³-hybridized carbons (Fsp3) is 0.571. The van der Waals surface area contributed by atoms with Gasteiger partial charge >= 0.3 is 0 Å². The van der Waals surface area contributed by atoms with Crippen molar-refractivity contribution in [2.75, 3.05) is 6.54 Å². The Hall–Kier alpha value is -0.960. The third-order valence-electron chi connectivity index (χ3n) is 3.60. The molecular weight excluding hydrogens is 220 g/mol. The summed E-state index contributed by atoms with van der Waals surface area (Å²) in [5.41, 5.74) is 0.641. The van der Waals surface area contributed by atoms with Crippen molar-refractivity contribution in [1.82, 2.24) is 5.32 Å². The molecule has 0 aliphatic carbocycles. The average molecular weight is 239 g/mol. The van der Waals surface area contributed by atoms with Gasteiger partial charge in [0, 0.05) is 11.6 Å². The molecule has 1 heterocycles. The molecule has 2 rings (SSSR count). The van der Waals surface area contributed by atoms with E-state index < -0.39 is 11.6 Å². The molecule has 3 heteroatoms. The lowest BCUT2D eigenvalue weighted by Gasteiger charge is -2.29. The van der Waals surface area contributed by atoms with Crippen LogP contribution in [-0.4, -0.2) is 12.1 Å². The Labute approximate surface area is 101 Å². The Bertz CT molecular complexity index is 384. The lowest BCUT2D eigenvalue weighted by atomic mass is 9.85. The van der Waals surface area contributed by atoms with Crippen molar-refractivity contribution in [3.8, 4) is 0 Å². The highest BCUT2D eigenvalue weighted by atomic mass is 19.1. The van der Waals surface area contributed by atoms with Gasteiger partial charge in [-0.3, -0.25) is 0 Å². The molecule has 1 aliphatic rings. The van der Waals surface area contributed by atoms with Crippen LogP contribution in [0.5, 0.6) is 0 Å². The predicted molar refractivity (Wildman–Crippen MR) is 64.9 cm³/mol. The van der Waals surface area contributed by atoms with Crippen LogP contribution in [0.4, 0.5) is 8.78 Å². The smallest absolute Gasteiger partial charge is 0.129 e. The largest absolute Gasteiger partial charge is 0.311 e. The molecule has 0 aromatic heterocycles. The molecule has 1 saturated heterocycles. The van der Waals surface area contributed by atoms with Crippen LogP contribution in [0.2, 0.25) is 0 Å². The fourth-order valence-corrected chi connectivity index (χ4v) is 2.83. The number of hydrogen-bond donors (Lipinski definition) is 1. The second-order valence-corrected chi connectivity index (χ2v) is 4.97. The van der Waals surface area contributed by atoms with Crippen LogP contribution in [0.25, 0.3) is 0 Å². The molecule has 1 fully saturated rings. The minimum absolute atomic E-state index is 0.0212. The Kier molecular flexibility index (Phi) is 3.77. The van der Waals surface area contributed by atoms with Gasteiger partial charge in [-0.05, 0) is 43.9 Å². The quantitative estimate of drug-likeness (QED) is 0.848. The number of halogens is 2. The van der Waals surface area contributed by atoms with E-state index in [0.29, 0.717) is 12.0 Å². The van der Waals surface area contributed by atoms with Gasteiger partial charge in [0.2, 0.25) is 0 Å². The van der Waals surface area contributed by atoms with Crippen LogP contribution in [0.3, 0.4) is 0 Å². The predicted octanol–water partition coefficient (Wildman–Crippen LogP) is 3.43. The van der Waals surface area contributed by atoms with Crippen molar-refractivity contribution >= 4 is 0 Å². The van der Waals surface area contributed by atoms with Crippen molar-refractivity contribution in [3.63, 3.8) is 0 Å². The van der Waals surface area contributed by atoms with Crippen molar-refractivity contribution in [1.29, 1.82) is 0 Å². The maximum atomic E-state index is 13.6. The molecule has 1 aliphatic heterocycles. The summed E-state index contributed by atoms with van der Waals surface area (Å²) < 4.78 is 26.5. The van der Waals surface area contributed by atoms with Crippen molar-refractivity contribution in [2.24, 2.45) is 0 Å². The molecule has 0 saturated carbocycles. The summed E-state index contributed by atoms with van der Waals surface area (Å²) >= 11 is 0. The standard InChI is InChI=1S/C14H19F2N/c1-2-6-14(7-3-8-17-14)10-11-4-5-12(15)9-13(11)16/h4-5,9,17H,2-3,6-8,10H2,1H3. The maximum absolute atomic E-state index is 13.6. The second-order valence-electron chi connectivity index (χ2n) is 4.97. The number of hydrogen-bond acceptors (Lipinski definition) is 1. The first-order valence-corrected chi connectivity index (χ1v) is 6.34. The average Bonchev–Trinajstić information content (AvgIpc) is 2.72. The van der Waals surface area contributed by atoms with Crippen molar-refractivity contribution in [3.05, 3.63) is 35.4 Å².